The normalized spacial score (nSPS) is 10.2. The van der Waals surface area contributed by atoms with Crippen LogP contribution in [0.5, 0.6) is 5.75 Å². The van der Waals surface area contributed by atoms with Crippen LogP contribution in [0.1, 0.15) is 30.0 Å². The summed E-state index contributed by atoms with van der Waals surface area (Å²) in [5.74, 6) is 0.820. The molecule has 0 spiro atoms. The first-order valence-corrected chi connectivity index (χ1v) is 7.23. The van der Waals surface area contributed by atoms with E-state index in [9.17, 15) is 4.79 Å². The van der Waals surface area contributed by atoms with Crippen molar-refractivity contribution in [1.29, 1.82) is 0 Å². The zero-order valence-corrected chi connectivity index (χ0v) is 13.4. The Hall–Kier alpha value is -1.42. The molecule has 0 aliphatic carbocycles. The molecule has 0 bridgehead atoms. The van der Waals surface area contributed by atoms with Crippen molar-refractivity contribution in [3.8, 4) is 5.75 Å². The third-order valence-corrected chi connectivity index (χ3v) is 3.77. The monoisotopic (exact) mass is 298 g/mol. The van der Waals surface area contributed by atoms with Crippen LogP contribution in [0.2, 0.25) is 5.02 Å². The van der Waals surface area contributed by atoms with Gasteiger partial charge >= 0.3 is 6.03 Å². The lowest BCUT2D eigenvalue weighted by molar-refractivity contribution is 0.241. The van der Waals surface area contributed by atoms with E-state index < -0.39 is 0 Å². The molecule has 0 atom stereocenters. The van der Waals surface area contributed by atoms with Gasteiger partial charge in [-0.25, -0.2) is 4.79 Å². The fourth-order valence-corrected chi connectivity index (χ4v) is 2.22. The minimum absolute atomic E-state index is 0.137. The van der Waals surface area contributed by atoms with Gasteiger partial charge in [0.15, 0.2) is 0 Å². The van der Waals surface area contributed by atoms with Crippen molar-refractivity contribution in [2.45, 2.75) is 33.6 Å². The minimum atomic E-state index is -0.137. The Bertz CT molecular complexity index is 475. The van der Waals surface area contributed by atoms with Gasteiger partial charge in [0.1, 0.15) is 5.75 Å². The highest BCUT2D eigenvalue weighted by Crippen LogP contribution is 2.31. The summed E-state index contributed by atoms with van der Waals surface area (Å²) in [5.41, 5.74) is 3.05. The molecule has 0 aliphatic rings. The van der Waals surface area contributed by atoms with Crippen LogP contribution in [0, 0.1) is 13.8 Å². The molecule has 0 heterocycles. The topological polar surface area (TPSA) is 50.4 Å². The summed E-state index contributed by atoms with van der Waals surface area (Å²) in [6.07, 6.45) is 1.61. The molecule has 0 aliphatic heterocycles. The van der Waals surface area contributed by atoms with Crippen LogP contribution in [0.4, 0.5) is 4.79 Å². The van der Waals surface area contributed by atoms with E-state index in [0.717, 1.165) is 33.9 Å². The smallest absolute Gasteiger partial charge is 0.314 e. The van der Waals surface area contributed by atoms with Gasteiger partial charge in [-0.1, -0.05) is 18.5 Å². The number of rotatable bonds is 6. The van der Waals surface area contributed by atoms with E-state index in [1.165, 1.54) is 0 Å². The van der Waals surface area contributed by atoms with Gasteiger partial charge in [0.2, 0.25) is 0 Å². The second-order valence-corrected chi connectivity index (χ2v) is 5.12. The first-order valence-electron chi connectivity index (χ1n) is 6.85. The first-order chi connectivity index (χ1) is 9.51. The lowest BCUT2D eigenvalue weighted by atomic mass is 10.0. The van der Waals surface area contributed by atoms with Crippen LogP contribution >= 0.6 is 11.6 Å². The number of methoxy groups -OCH3 is 1. The zero-order chi connectivity index (χ0) is 15.1. The van der Waals surface area contributed by atoms with Crippen LogP contribution in [-0.4, -0.2) is 26.2 Å². The number of hydrogen-bond acceptors (Lipinski definition) is 2. The zero-order valence-electron chi connectivity index (χ0n) is 12.6. The largest absolute Gasteiger partial charge is 0.496 e. The summed E-state index contributed by atoms with van der Waals surface area (Å²) >= 11 is 6.27. The third-order valence-electron chi connectivity index (χ3n) is 3.19. The molecular weight excluding hydrogens is 276 g/mol. The summed E-state index contributed by atoms with van der Waals surface area (Å²) in [5, 5.41) is 6.37. The Morgan fingerprint density at radius 2 is 1.95 bits per heavy atom. The molecule has 5 heteroatoms. The highest BCUT2D eigenvalue weighted by atomic mass is 35.5. The highest BCUT2D eigenvalue weighted by molar-refractivity contribution is 6.32. The maximum atomic E-state index is 11.5. The van der Waals surface area contributed by atoms with Crippen LogP contribution in [0.15, 0.2) is 6.07 Å². The SMILES string of the molecule is CCCNC(=O)NCCc1c(OC)cc(C)c(Cl)c1C. The Morgan fingerprint density at radius 3 is 2.55 bits per heavy atom. The number of ether oxygens (including phenoxy) is 1. The first kappa shape index (κ1) is 16.6. The molecule has 0 saturated heterocycles. The molecule has 1 aromatic carbocycles. The Balaban J connectivity index is 2.68. The maximum Gasteiger partial charge on any atom is 0.314 e. The van der Waals surface area contributed by atoms with E-state index in [-0.39, 0.29) is 6.03 Å². The van der Waals surface area contributed by atoms with E-state index in [2.05, 4.69) is 10.6 Å². The predicted octanol–water partition coefficient (Wildman–Crippen LogP) is 3.22. The number of carbonyl (C=O) groups excluding carboxylic acids is 1. The molecule has 112 valence electrons. The molecule has 0 aromatic heterocycles. The molecule has 0 unspecified atom stereocenters. The number of amides is 2. The third kappa shape index (κ3) is 4.30. The predicted molar refractivity (Wildman–Crippen MR) is 82.9 cm³/mol. The van der Waals surface area contributed by atoms with Crippen molar-refractivity contribution in [2.75, 3.05) is 20.2 Å². The summed E-state index contributed by atoms with van der Waals surface area (Å²) in [7, 11) is 1.65. The second-order valence-electron chi connectivity index (χ2n) is 4.75. The van der Waals surface area contributed by atoms with Crippen molar-refractivity contribution in [2.24, 2.45) is 0 Å². The maximum absolute atomic E-state index is 11.5. The molecule has 4 nitrogen and oxygen atoms in total. The van der Waals surface area contributed by atoms with Gasteiger partial charge in [-0.3, -0.25) is 0 Å². The Morgan fingerprint density at radius 1 is 1.30 bits per heavy atom. The van der Waals surface area contributed by atoms with Crippen molar-refractivity contribution < 1.29 is 9.53 Å². The fraction of sp³-hybridized carbons (Fsp3) is 0.533. The number of carbonyl (C=O) groups is 1. The van der Waals surface area contributed by atoms with Gasteiger partial charge in [-0.05, 0) is 43.9 Å². The average Bonchev–Trinajstić information content (AvgIpc) is 2.44. The summed E-state index contributed by atoms with van der Waals surface area (Å²) in [6.45, 7) is 7.18. The quantitative estimate of drug-likeness (QED) is 0.847. The van der Waals surface area contributed by atoms with Crippen LogP contribution in [0.3, 0.4) is 0 Å². The molecule has 1 aromatic rings. The standard InChI is InChI=1S/C15H23ClN2O2/c1-5-7-17-15(19)18-8-6-12-11(3)14(16)10(2)9-13(12)20-4/h9H,5-8H2,1-4H3,(H2,17,18,19). The van der Waals surface area contributed by atoms with E-state index in [4.69, 9.17) is 16.3 Å². The molecule has 0 fully saturated rings. The van der Waals surface area contributed by atoms with Crippen LogP contribution in [0.25, 0.3) is 0 Å². The number of aryl methyl sites for hydroxylation is 1. The van der Waals surface area contributed by atoms with Crippen LogP contribution < -0.4 is 15.4 Å². The van der Waals surface area contributed by atoms with Crippen molar-refractivity contribution in [3.05, 3.63) is 27.8 Å². The number of benzene rings is 1. The summed E-state index contributed by atoms with van der Waals surface area (Å²) < 4.78 is 5.40. The Labute approximate surface area is 125 Å². The van der Waals surface area contributed by atoms with E-state index in [1.807, 2.05) is 26.8 Å². The number of nitrogens with one attached hydrogen (secondary N) is 2. The Kier molecular flexibility index (Phi) is 6.65. The molecular formula is C15H23ClN2O2. The van der Waals surface area contributed by atoms with Crippen LogP contribution in [-0.2, 0) is 6.42 Å². The minimum Gasteiger partial charge on any atom is -0.496 e. The molecule has 0 saturated carbocycles. The second kappa shape index (κ2) is 8.00. The van der Waals surface area contributed by atoms with Gasteiger partial charge in [-0.15, -0.1) is 0 Å². The number of hydrogen-bond donors (Lipinski definition) is 2. The highest BCUT2D eigenvalue weighted by Gasteiger charge is 2.12. The molecule has 20 heavy (non-hydrogen) atoms. The molecule has 2 amide bonds. The van der Waals surface area contributed by atoms with Gasteiger partial charge in [0, 0.05) is 23.7 Å². The van der Waals surface area contributed by atoms with E-state index >= 15 is 0 Å². The van der Waals surface area contributed by atoms with Gasteiger partial charge in [0.25, 0.3) is 0 Å². The van der Waals surface area contributed by atoms with Gasteiger partial charge in [0.05, 0.1) is 7.11 Å². The van der Waals surface area contributed by atoms with Crippen molar-refractivity contribution in [1.82, 2.24) is 10.6 Å². The van der Waals surface area contributed by atoms with Gasteiger partial charge in [-0.2, -0.15) is 0 Å². The summed E-state index contributed by atoms with van der Waals surface area (Å²) in [4.78, 5) is 11.5. The summed E-state index contributed by atoms with van der Waals surface area (Å²) in [6, 6.07) is 1.80. The average molecular weight is 299 g/mol. The molecule has 2 N–H and O–H groups in total. The lowest BCUT2D eigenvalue weighted by Gasteiger charge is -2.15. The molecule has 1 rings (SSSR count). The van der Waals surface area contributed by atoms with Crippen molar-refractivity contribution >= 4 is 17.6 Å². The number of urea groups is 1. The number of halogens is 1. The molecule has 0 radical (unpaired) electrons. The lowest BCUT2D eigenvalue weighted by Crippen LogP contribution is -2.37. The van der Waals surface area contributed by atoms with Crippen molar-refractivity contribution in [3.63, 3.8) is 0 Å². The van der Waals surface area contributed by atoms with Gasteiger partial charge < -0.3 is 15.4 Å². The fourth-order valence-electron chi connectivity index (χ4n) is 2.06. The van der Waals surface area contributed by atoms with E-state index in [1.54, 1.807) is 7.11 Å². The van der Waals surface area contributed by atoms with E-state index in [0.29, 0.717) is 19.5 Å².